The molecule has 1 unspecified atom stereocenters. The van der Waals surface area contributed by atoms with Gasteiger partial charge in [-0.05, 0) is 13.3 Å². The highest BCUT2D eigenvalue weighted by Crippen LogP contribution is 2.11. The first-order chi connectivity index (χ1) is 7.44. The Bertz CT molecular complexity index is 374. The Morgan fingerprint density at radius 3 is 2.75 bits per heavy atom. The van der Waals surface area contributed by atoms with E-state index < -0.39 is 15.8 Å². The van der Waals surface area contributed by atoms with E-state index in [-0.39, 0.29) is 24.1 Å². The number of ether oxygens (including phenoxy) is 1. The molecule has 1 rings (SSSR count). The van der Waals surface area contributed by atoms with Gasteiger partial charge in [-0.1, -0.05) is 6.58 Å². The van der Waals surface area contributed by atoms with Crippen LogP contribution in [0.1, 0.15) is 13.3 Å². The van der Waals surface area contributed by atoms with Gasteiger partial charge in [0.25, 0.3) is 0 Å². The summed E-state index contributed by atoms with van der Waals surface area (Å²) >= 11 is 0. The van der Waals surface area contributed by atoms with E-state index in [0.29, 0.717) is 18.6 Å². The van der Waals surface area contributed by atoms with Gasteiger partial charge in [0.05, 0.1) is 18.1 Å². The van der Waals surface area contributed by atoms with E-state index in [1.54, 1.807) is 6.92 Å². The van der Waals surface area contributed by atoms with Crippen LogP contribution in [0, 0.1) is 0 Å². The molecule has 1 saturated heterocycles. The lowest BCUT2D eigenvalue weighted by molar-refractivity contribution is -0.138. The van der Waals surface area contributed by atoms with Crippen molar-refractivity contribution in [3.63, 3.8) is 0 Å². The fraction of sp³-hybridized carbons (Fsp3) is 0.700. The molecule has 0 aromatic carbocycles. The van der Waals surface area contributed by atoms with Crippen LogP contribution < -0.4 is 5.32 Å². The highest BCUT2D eigenvalue weighted by Gasteiger charge is 2.27. The molecule has 1 aliphatic rings. The predicted molar refractivity (Wildman–Crippen MR) is 60.8 cm³/mol. The zero-order valence-electron chi connectivity index (χ0n) is 9.36. The van der Waals surface area contributed by atoms with Gasteiger partial charge in [-0.2, -0.15) is 0 Å². The third-order valence-corrected chi connectivity index (χ3v) is 4.17. The minimum Gasteiger partial charge on any atom is -0.463 e. The molecule has 6 heteroatoms. The van der Waals surface area contributed by atoms with Crippen LogP contribution in [0.4, 0.5) is 0 Å². The molecule has 1 N–H and O–H groups in total. The van der Waals surface area contributed by atoms with Crippen molar-refractivity contribution in [3.05, 3.63) is 12.2 Å². The minimum atomic E-state index is -2.88. The van der Waals surface area contributed by atoms with Gasteiger partial charge in [-0.25, -0.2) is 13.2 Å². The van der Waals surface area contributed by atoms with Crippen LogP contribution in [0.5, 0.6) is 0 Å². The van der Waals surface area contributed by atoms with Gasteiger partial charge in [-0.3, -0.25) is 0 Å². The molecule has 0 aromatic heterocycles. The monoisotopic (exact) mass is 247 g/mol. The van der Waals surface area contributed by atoms with Crippen molar-refractivity contribution in [2.75, 3.05) is 24.7 Å². The predicted octanol–water partition coefficient (Wildman–Crippen LogP) is -0.118. The average molecular weight is 247 g/mol. The molecule has 1 aliphatic heterocycles. The summed E-state index contributed by atoms with van der Waals surface area (Å²) in [5.74, 6) is -0.0736. The van der Waals surface area contributed by atoms with E-state index in [1.165, 1.54) is 0 Å². The van der Waals surface area contributed by atoms with Crippen molar-refractivity contribution >= 4 is 15.8 Å². The van der Waals surface area contributed by atoms with E-state index in [4.69, 9.17) is 4.74 Å². The Labute approximate surface area is 95.8 Å². The van der Waals surface area contributed by atoms with Gasteiger partial charge in [0.2, 0.25) is 0 Å². The van der Waals surface area contributed by atoms with Crippen molar-refractivity contribution in [2.45, 2.75) is 19.4 Å². The Morgan fingerprint density at radius 1 is 1.56 bits per heavy atom. The Balaban J connectivity index is 2.31. The third-order valence-electron chi connectivity index (χ3n) is 2.40. The first-order valence-corrected chi connectivity index (χ1v) is 7.05. The number of sulfone groups is 1. The fourth-order valence-corrected chi connectivity index (χ4v) is 3.24. The van der Waals surface area contributed by atoms with E-state index >= 15 is 0 Å². The Morgan fingerprint density at radius 2 is 2.25 bits per heavy atom. The van der Waals surface area contributed by atoms with E-state index in [2.05, 4.69) is 11.9 Å². The molecular formula is C10H17NO4S. The van der Waals surface area contributed by atoms with Crippen molar-refractivity contribution in [1.82, 2.24) is 5.32 Å². The first-order valence-electron chi connectivity index (χ1n) is 5.23. The van der Waals surface area contributed by atoms with E-state index in [0.717, 1.165) is 0 Å². The molecule has 0 saturated carbocycles. The van der Waals surface area contributed by atoms with Crippen LogP contribution in [0.3, 0.4) is 0 Å². The molecule has 1 atom stereocenters. The van der Waals surface area contributed by atoms with E-state index in [1.807, 2.05) is 0 Å². The molecule has 92 valence electrons. The van der Waals surface area contributed by atoms with Gasteiger partial charge in [0.1, 0.15) is 0 Å². The summed E-state index contributed by atoms with van der Waals surface area (Å²) in [6, 6.07) is -0.0730. The number of esters is 1. The summed E-state index contributed by atoms with van der Waals surface area (Å²) in [5, 5.41) is 3.00. The summed E-state index contributed by atoms with van der Waals surface area (Å²) in [7, 11) is -2.88. The lowest BCUT2D eigenvalue weighted by atomic mass is 10.2. The summed E-state index contributed by atoms with van der Waals surface area (Å²) in [5.41, 5.74) is 0.325. The second-order valence-corrected chi connectivity index (χ2v) is 6.03. The zero-order valence-corrected chi connectivity index (χ0v) is 10.2. The van der Waals surface area contributed by atoms with Crippen molar-refractivity contribution < 1.29 is 17.9 Å². The van der Waals surface area contributed by atoms with Crippen LogP contribution >= 0.6 is 0 Å². The molecule has 5 nitrogen and oxygen atoms in total. The number of nitrogens with one attached hydrogen (secondary N) is 1. The van der Waals surface area contributed by atoms with Crippen molar-refractivity contribution in [1.29, 1.82) is 0 Å². The smallest absolute Gasteiger partial charge is 0.334 e. The number of carbonyl (C=O) groups excluding carboxylic acids is 1. The third kappa shape index (κ3) is 3.94. The van der Waals surface area contributed by atoms with Gasteiger partial charge < -0.3 is 10.1 Å². The quantitative estimate of drug-likeness (QED) is 0.542. The topological polar surface area (TPSA) is 72.5 Å². The number of hydrogen-bond donors (Lipinski definition) is 1. The minimum absolute atomic E-state index is 0.0730. The van der Waals surface area contributed by atoms with Crippen LogP contribution in [0.2, 0.25) is 0 Å². The van der Waals surface area contributed by atoms with Gasteiger partial charge in [0, 0.05) is 18.2 Å². The van der Waals surface area contributed by atoms with E-state index in [9.17, 15) is 13.2 Å². The van der Waals surface area contributed by atoms with Crippen LogP contribution in [-0.4, -0.2) is 45.1 Å². The Kier molecular flexibility index (Phi) is 4.49. The first kappa shape index (κ1) is 13.2. The van der Waals surface area contributed by atoms with Gasteiger partial charge in [-0.15, -0.1) is 0 Å². The zero-order chi connectivity index (χ0) is 12.2. The number of carbonyl (C=O) groups is 1. The van der Waals surface area contributed by atoms with Crippen LogP contribution in [0.15, 0.2) is 12.2 Å². The van der Waals surface area contributed by atoms with Crippen molar-refractivity contribution in [3.8, 4) is 0 Å². The fourth-order valence-electron chi connectivity index (χ4n) is 1.53. The second-order valence-electron chi connectivity index (χ2n) is 3.80. The summed E-state index contributed by atoms with van der Waals surface area (Å²) in [6.07, 6.45) is 0.596. The van der Waals surface area contributed by atoms with Gasteiger partial charge in [0.15, 0.2) is 9.84 Å². The van der Waals surface area contributed by atoms with Crippen LogP contribution in [0.25, 0.3) is 0 Å². The molecule has 16 heavy (non-hydrogen) atoms. The molecule has 1 fully saturated rings. The average Bonchev–Trinajstić information content (AvgIpc) is 2.55. The molecule has 0 amide bonds. The van der Waals surface area contributed by atoms with Crippen LogP contribution in [-0.2, 0) is 19.4 Å². The lowest BCUT2D eigenvalue weighted by Gasteiger charge is -2.11. The van der Waals surface area contributed by atoms with Crippen molar-refractivity contribution in [2.24, 2.45) is 0 Å². The maximum atomic E-state index is 11.2. The molecule has 0 aliphatic carbocycles. The second kappa shape index (κ2) is 5.45. The maximum Gasteiger partial charge on any atom is 0.334 e. The molecule has 0 aromatic rings. The molecule has 0 spiro atoms. The Hall–Kier alpha value is -0.880. The standard InChI is InChI=1S/C10H17NO4S/c1-3-15-10(12)8(2)6-11-9-4-5-16(13,14)7-9/h9,11H,2-7H2,1H3. The maximum absolute atomic E-state index is 11.2. The highest BCUT2D eigenvalue weighted by molar-refractivity contribution is 7.91. The number of rotatable bonds is 5. The summed E-state index contributed by atoms with van der Waals surface area (Å²) in [6.45, 7) is 5.90. The summed E-state index contributed by atoms with van der Waals surface area (Å²) < 4.78 is 27.1. The molecule has 0 radical (unpaired) electrons. The molecular weight excluding hydrogens is 230 g/mol. The highest BCUT2D eigenvalue weighted by atomic mass is 32.2. The largest absolute Gasteiger partial charge is 0.463 e. The summed E-state index contributed by atoms with van der Waals surface area (Å²) in [4.78, 5) is 11.2. The molecule has 0 bridgehead atoms. The lowest BCUT2D eigenvalue weighted by Crippen LogP contribution is -2.33. The normalized spacial score (nSPS) is 22.9. The molecule has 1 heterocycles. The number of hydrogen-bond acceptors (Lipinski definition) is 5. The SMILES string of the molecule is C=C(CNC1CCS(=O)(=O)C1)C(=O)OCC. The van der Waals surface area contributed by atoms with Gasteiger partial charge >= 0.3 is 5.97 Å².